The van der Waals surface area contributed by atoms with E-state index in [2.05, 4.69) is 34.8 Å². The molecular formula is CH2Cl5OSb+. The third kappa shape index (κ3) is 86.6. The first-order valence-corrected chi connectivity index (χ1v) is 8.73. The van der Waals surface area contributed by atoms with Crippen molar-refractivity contribution in [3.8, 4) is 0 Å². The molecule has 0 heterocycles. The van der Waals surface area contributed by atoms with Gasteiger partial charge in [0, 0.05) is 0 Å². The van der Waals surface area contributed by atoms with E-state index in [1.54, 1.807) is 0 Å². The molecule has 7 heteroatoms. The van der Waals surface area contributed by atoms with E-state index in [4.69, 9.17) is 22.8 Å². The zero-order valence-electron chi connectivity index (χ0n) is 4.28. The smallest absolute Gasteiger partial charge is 1.00 e. The molecular weight excluding hydrogens is 327 g/mol. The van der Waals surface area contributed by atoms with E-state index in [1.165, 1.54) is 0 Å². The summed E-state index contributed by atoms with van der Waals surface area (Å²) >= 11 is 13.1. The summed E-state index contributed by atoms with van der Waals surface area (Å²) in [4.78, 5) is 0. The molecule has 0 atom stereocenters. The van der Waals surface area contributed by atoms with Crippen LogP contribution in [0.5, 0.6) is 0 Å². The van der Waals surface area contributed by atoms with Crippen LogP contribution in [-0.4, -0.2) is 28.4 Å². The maximum absolute atomic E-state index is 7.82. The van der Waals surface area contributed by atoms with Gasteiger partial charge in [-0.3, -0.25) is 0 Å². The van der Waals surface area contributed by atoms with Gasteiger partial charge >= 0.3 is 38.4 Å². The topological polar surface area (TPSA) is 20.2 Å². The molecule has 0 spiro atoms. The van der Waals surface area contributed by atoms with E-state index >= 15 is 0 Å². The van der Waals surface area contributed by atoms with Crippen LogP contribution in [0.2, 0.25) is 0 Å². The minimum atomic E-state index is -2.08. The average Bonchev–Trinajstić information content (AvgIpc) is 1.27. The number of rotatable bonds is 0. The number of alkyl halides is 3. The van der Waals surface area contributed by atoms with Crippen LogP contribution in [0.3, 0.4) is 0 Å². The van der Waals surface area contributed by atoms with E-state index in [0.717, 1.165) is 0 Å². The minimum Gasteiger partial charge on any atom is 1.00 e. The van der Waals surface area contributed by atoms with Crippen molar-refractivity contribution in [1.82, 2.24) is 0 Å². The first-order valence-electron chi connectivity index (χ1n) is 1.13. The van der Waals surface area contributed by atoms with Crippen LogP contribution in [0.25, 0.3) is 0 Å². The summed E-state index contributed by atoms with van der Waals surface area (Å²) in [5, 5.41) is 7.82. The third-order valence-corrected chi connectivity index (χ3v) is 0. The summed E-state index contributed by atoms with van der Waals surface area (Å²) in [5.41, 5.74) is 0. The van der Waals surface area contributed by atoms with E-state index in [0.29, 0.717) is 0 Å². The van der Waals surface area contributed by atoms with Gasteiger partial charge in [0.15, 0.2) is 0 Å². The molecule has 1 radical (unpaired) electrons. The Kier molecular flexibility index (Phi) is 11.8. The summed E-state index contributed by atoms with van der Waals surface area (Å²) in [7, 11) is 9.83. The van der Waals surface area contributed by atoms with Gasteiger partial charge in [-0.25, -0.2) is 0 Å². The first kappa shape index (κ1) is 12.9. The largest absolute Gasteiger partial charge is 1.00 e. The zero-order chi connectivity index (χ0) is 7.21. The molecule has 1 nitrogen and oxygen atoms in total. The maximum atomic E-state index is 7.82. The fraction of sp³-hybridized carbons (Fsp3) is 1.00. The second kappa shape index (κ2) is 7.34. The van der Waals surface area contributed by atoms with Crippen LogP contribution in [0.1, 0.15) is 1.43 Å². The Hall–Kier alpha value is 2.23. The van der Waals surface area contributed by atoms with Gasteiger partial charge in [-0.05, 0) is 0 Å². The monoisotopic (exact) mass is 326 g/mol. The summed E-state index contributed by atoms with van der Waals surface area (Å²) in [6, 6.07) is 0. The first-order chi connectivity index (χ1) is 3.41. The summed E-state index contributed by atoms with van der Waals surface area (Å²) in [5.74, 6) is 0. The van der Waals surface area contributed by atoms with Crippen molar-refractivity contribution in [1.29, 1.82) is 0 Å². The molecule has 0 aliphatic heterocycles. The van der Waals surface area contributed by atoms with Crippen LogP contribution in [0.15, 0.2) is 0 Å². The standard InChI is InChI=1S/CHCl3O.2ClH.Sb/c2-1(3,4)5;;;/h5H;2*1H;/q;;;+2/p-1. The molecule has 0 unspecified atom stereocenters. The van der Waals surface area contributed by atoms with E-state index in [-0.39, 0.29) is 1.43 Å². The summed E-state index contributed by atoms with van der Waals surface area (Å²) in [6.07, 6.45) is 0. The molecule has 0 amide bonds. The molecule has 0 saturated heterocycles. The Morgan fingerprint density at radius 2 is 1.25 bits per heavy atom. The van der Waals surface area contributed by atoms with E-state index < -0.39 is 23.3 Å². The molecule has 51 valence electrons. The van der Waals surface area contributed by atoms with Crippen LogP contribution in [0, 0.1) is 0 Å². The normalized spacial score (nSPS) is 9.75. The van der Waals surface area contributed by atoms with Crippen LogP contribution in [-0.2, 0) is 0 Å². The van der Waals surface area contributed by atoms with Crippen molar-refractivity contribution in [2.75, 3.05) is 0 Å². The molecule has 0 aromatic carbocycles. The second-order valence-electron chi connectivity index (χ2n) is 0.532. The molecule has 0 saturated carbocycles. The molecule has 0 aliphatic rings. The number of hydrogen-bond acceptors (Lipinski definition) is 1. The van der Waals surface area contributed by atoms with Gasteiger partial charge in [0.1, 0.15) is 0 Å². The van der Waals surface area contributed by atoms with Crippen molar-refractivity contribution < 1.29 is 6.53 Å². The predicted octanol–water partition coefficient (Wildman–Crippen LogP) is 2.42. The quantitative estimate of drug-likeness (QED) is 0.535. The van der Waals surface area contributed by atoms with Gasteiger partial charge in [0.2, 0.25) is 0 Å². The number of hydrogen-bond donors (Lipinski definition) is 1. The Bertz CT molecular complexity index is 40.7. The van der Waals surface area contributed by atoms with Gasteiger partial charge in [-0.1, -0.05) is 34.8 Å². The van der Waals surface area contributed by atoms with Crippen LogP contribution < -0.4 is 0 Å². The zero-order valence-corrected chi connectivity index (χ0v) is 9.62. The van der Waals surface area contributed by atoms with Crippen molar-refractivity contribution in [3.63, 3.8) is 0 Å². The Morgan fingerprint density at radius 3 is 1.25 bits per heavy atom. The molecule has 0 aromatic rings. The van der Waals surface area contributed by atoms with Gasteiger partial charge in [-0.2, -0.15) is 0 Å². The van der Waals surface area contributed by atoms with Crippen LogP contribution in [0.4, 0.5) is 0 Å². The van der Waals surface area contributed by atoms with Crippen molar-refractivity contribution in [2.24, 2.45) is 0 Å². The fourth-order valence-corrected chi connectivity index (χ4v) is 0. The molecule has 0 fully saturated rings. The van der Waals surface area contributed by atoms with Gasteiger partial charge in [0.05, 0.1) is 0 Å². The van der Waals surface area contributed by atoms with Crippen LogP contribution >= 0.6 is 52.5 Å². The van der Waals surface area contributed by atoms with Gasteiger partial charge in [0.25, 0.3) is 3.98 Å². The molecule has 0 aliphatic carbocycles. The summed E-state index contributed by atoms with van der Waals surface area (Å²) in [6.45, 7) is 0. The minimum absolute atomic E-state index is 0. The Morgan fingerprint density at radius 1 is 1.25 bits per heavy atom. The fourth-order valence-electron chi connectivity index (χ4n) is 0. The van der Waals surface area contributed by atoms with Crippen molar-refractivity contribution in [3.05, 3.63) is 0 Å². The van der Waals surface area contributed by atoms with Crippen molar-refractivity contribution in [2.45, 2.75) is 3.98 Å². The van der Waals surface area contributed by atoms with E-state index in [9.17, 15) is 0 Å². The Balaban J connectivity index is -0.0000000800. The van der Waals surface area contributed by atoms with E-state index in [1.807, 2.05) is 0 Å². The summed E-state index contributed by atoms with van der Waals surface area (Å²) < 4.78 is -2.08. The molecule has 8 heavy (non-hydrogen) atoms. The predicted molar refractivity (Wildman–Crippen MR) is 41.1 cm³/mol. The molecule has 0 bridgehead atoms. The molecule has 0 aromatic heterocycles. The number of aliphatic hydroxyl groups is 1. The molecule has 1 N–H and O–H groups in total. The van der Waals surface area contributed by atoms with Gasteiger partial charge in [-0.15, -0.1) is 0 Å². The maximum Gasteiger partial charge on any atom is 1.00 e. The van der Waals surface area contributed by atoms with Crippen molar-refractivity contribution >= 4 is 71.8 Å². The average molecular weight is 329 g/mol. The third-order valence-electron chi connectivity index (χ3n) is 0. The molecule has 0 rings (SSSR count). The Labute approximate surface area is 81.6 Å². The number of halogens is 5. The second-order valence-corrected chi connectivity index (χ2v) is 6.55. The van der Waals surface area contributed by atoms with Gasteiger partial charge < -0.3 is 5.11 Å². The SMILES string of the molecule is OC(Cl)(Cl)Cl.[Cl][Sb][Cl].[H+].